The van der Waals surface area contributed by atoms with E-state index < -0.39 is 0 Å². The van der Waals surface area contributed by atoms with E-state index in [1.165, 1.54) is 44.9 Å². The molecule has 3 nitrogen and oxygen atoms in total. The summed E-state index contributed by atoms with van der Waals surface area (Å²) >= 11 is 0. The van der Waals surface area contributed by atoms with Crippen molar-refractivity contribution in [2.75, 3.05) is 19.8 Å². The zero-order valence-electron chi connectivity index (χ0n) is 11.8. The second kappa shape index (κ2) is 6.88. The lowest BCUT2D eigenvalue weighted by Crippen LogP contribution is -2.47. The number of hydrogen-bond acceptors (Lipinski definition) is 3. The van der Waals surface area contributed by atoms with E-state index in [9.17, 15) is 5.11 Å². The van der Waals surface area contributed by atoms with Crippen LogP contribution in [0, 0.1) is 5.92 Å². The van der Waals surface area contributed by atoms with Crippen molar-refractivity contribution in [2.45, 2.75) is 69.9 Å². The fraction of sp³-hybridized carbons (Fsp3) is 1.00. The van der Waals surface area contributed by atoms with Crippen LogP contribution in [-0.4, -0.2) is 36.5 Å². The molecule has 18 heavy (non-hydrogen) atoms. The average molecular weight is 255 g/mol. The van der Waals surface area contributed by atoms with Crippen LogP contribution in [0.5, 0.6) is 0 Å². The predicted molar refractivity (Wildman–Crippen MR) is 73.7 cm³/mol. The summed E-state index contributed by atoms with van der Waals surface area (Å²) in [7, 11) is 0. The zero-order chi connectivity index (χ0) is 12.8. The summed E-state index contributed by atoms with van der Waals surface area (Å²) in [5, 5.41) is 13.0. The Kier molecular flexibility index (Phi) is 5.46. The molecule has 0 aromatic carbocycles. The number of nitrogens with one attached hydrogen (secondary N) is 1. The van der Waals surface area contributed by atoms with Crippen LogP contribution in [-0.2, 0) is 4.74 Å². The van der Waals surface area contributed by atoms with Gasteiger partial charge in [0.25, 0.3) is 0 Å². The molecular weight excluding hydrogens is 226 g/mol. The number of hydrogen-bond donors (Lipinski definition) is 2. The van der Waals surface area contributed by atoms with Crippen LogP contribution < -0.4 is 5.32 Å². The van der Waals surface area contributed by atoms with Gasteiger partial charge in [-0.05, 0) is 44.9 Å². The van der Waals surface area contributed by atoms with Gasteiger partial charge in [-0.25, -0.2) is 0 Å². The van der Waals surface area contributed by atoms with Gasteiger partial charge in [-0.1, -0.05) is 19.3 Å². The number of aliphatic hydroxyl groups excluding tert-OH is 1. The molecule has 0 heterocycles. The summed E-state index contributed by atoms with van der Waals surface area (Å²) in [5.74, 6) is 0.788. The van der Waals surface area contributed by atoms with Gasteiger partial charge in [0.2, 0.25) is 0 Å². The quantitative estimate of drug-likeness (QED) is 0.655. The largest absolute Gasteiger partial charge is 0.394 e. The monoisotopic (exact) mass is 255 g/mol. The molecule has 2 saturated carbocycles. The van der Waals surface area contributed by atoms with Gasteiger partial charge in [0.1, 0.15) is 0 Å². The molecule has 0 aromatic rings. The maximum absolute atomic E-state index is 9.49. The van der Waals surface area contributed by atoms with Crippen LogP contribution in [0.3, 0.4) is 0 Å². The molecule has 0 spiro atoms. The first-order valence-electron chi connectivity index (χ1n) is 7.68. The van der Waals surface area contributed by atoms with Gasteiger partial charge in [0, 0.05) is 24.8 Å². The smallest absolute Gasteiger partial charge is 0.0611 e. The molecule has 0 aliphatic heterocycles. The van der Waals surface area contributed by atoms with Gasteiger partial charge in [-0.3, -0.25) is 0 Å². The van der Waals surface area contributed by atoms with E-state index in [0.29, 0.717) is 6.04 Å². The standard InChI is InChI=1S/C15H29NO2/c1-15(12-17,16-14-7-8-14)9-10-18-11-13-5-3-2-4-6-13/h13-14,16-17H,2-12H2,1H3. The highest BCUT2D eigenvalue weighted by atomic mass is 16.5. The van der Waals surface area contributed by atoms with Crippen molar-refractivity contribution in [3.8, 4) is 0 Å². The van der Waals surface area contributed by atoms with Crippen molar-refractivity contribution >= 4 is 0 Å². The third kappa shape index (κ3) is 4.87. The maximum atomic E-state index is 9.49. The summed E-state index contributed by atoms with van der Waals surface area (Å²) in [5.41, 5.74) is -0.145. The first-order chi connectivity index (χ1) is 8.72. The lowest BCUT2D eigenvalue weighted by atomic mass is 9.90. The summed E-state index contributed by atoms with van der Waals surface area (Å²) in [6, 6.07) is 0.639. The van der Waals surface area contributed by atoms with Crippen molar-refractivity contribution in [1.29, 1.82) is 0 Å². The Morgan fingerprint density at radius 1 is 1.17 bits per heavy atom. The summed E-state index contributed by atoms with van der Waals surface area (Å²) in [6.45, 7) is 4.00. The minimum atomic E-state index is -0.145. The van der Waals surface area contributed by atoms with Crippen LogP contribution in [0.15, 0.2) is 0 Å². The highest BCUT2D eigenvalue weighted by Gasteiger charge is 2.31. The molecule has 2 N–H and O–H groups in total. The van der Waals surface area contributed by atoms with Gasteiger partial charge in [-0.2, -0.15) is 0 Å². The molecule has 0 radical (unpaired) electrons. The molecule has 2 fully saturated rings. The molecule has 0 aromatic heterocycles. The first kappa shape index (κ1) is 14.3. The Balaban J connectivity index is 1.57. The number of aliphatic hydroxyl groups is 1. The lowest BCUT2D eigenvalue weighted by Gasteiger charge is -2.29. The third-order valence-electron chi connectivity index (χ3n) is 4.36. The van der Waals surface area contributed by atoms with E-state index in [-0.39, 0.29) is 12.1 Å². The second-order valence-corrected chi connectivity index (χ2v) is 6.47. The Bertz CT molecular complexity index is 237. The van der Waals surface area contributed by atoms with Crippen LogP contribution in [0.25, 0.3) is 0 Å². The van der Waals surface area contributed by atoms with Crippen molar-refractivity contribution in [3.63, 3.8) is 0 Å². The highest BCUT2D eigenvalue weighted by Crippen LogP contribution is 2.25. The molecule has 0 bridgehead atoms. The predicted octanol–water partition coefficient (Wildman–Crippen LogP) is 2.48. The van der Waals surface area contributed by atoms with E-state index in [1.807, 2.05) is 0 Å². The summed E-state index contributed by atoms with van der Waals surface area (Å²) < 4.78 is 5.82. The maximum Gasteiger partial charge on any atom is 0.0611 e. The van der Waals surface area contributed by atoms with Crippen molar-refractivity contribution < 1.29 is 9.84 Å². The Labute approximate surface area is 111 Å². The van der Waals surface area contributed by atoms with E-state index in [0.717, 1.165) is 25.6 Å². The van der Waals surface area contributed by atoms with Crippen LogP contribution in [0.2, 0.25) is 0 Å². The van der Waals surface area contributed by atoms with Gasteiger partial charge < -0.3 is 15.2 Å². The topological polar surface area (TPSA) is 41.5 Å². The molecular formula is C15H29NO2. The fourth-order valence-electron chi connectivity index (χ4n) is 2.82. The Morgan fingerprint density at radius 2 is 1.89 bits per heavy atom. The fourth-order valence-corrected chi connectivity index (χ4v) is 2.82. The van der Waals surface area contributed by atoms with E-state index in [4.69, 9.17) is 4.74 Å². The molecule has 2 aliphatic carbocycles. The third-order valence-corrected chi connectivity index (χ3v) is 4.36. The minimum absolute atomic E-state index is 0.145. The lowest BCUT2D eigenvalue weighted by molar-refractivity contribution is 0.0574. The summed E-state index contributed by atoms with van der Waals surface area (Å²) in [6.07, 6.45) is 10.3. The highest BCUT2D eigenvalue weighted by molar-refractivity contribution is 4.92. The van der Waals surface area contributed by atoms with Crippen LogP contribution >= 0.6 is 0 Å². The average Bonchev–Trinajstić information content (AvgIpc) is 3.20. The minimum Gasteiger partial charge on any atom is -0.394 e. The SMILES string of the molecule is CC(CO)(CCOCC1CCCCC1)NC1CC1. The molecule has 2 rings (SSSR count). The van der Waals surface area contributed by atoms with Crippen molar-refractivity contribution in [1.82, 2.24) is 5.32 Å². The van der Waals surface area contributed by atoms with Crippen LogP contribution in [0.1, 0.15) is 58.3 Å². The first-order valence-corrected chi connectivity index (χ1v) is 7.68. The molecule has 0 saturated heterocycles. The molecule has 3 heteroatoms. The van der Waals surface area contributed by atoms with Crippen LogP contribution in [0.4, 0.5) is 0 Å². The molecule has 2 aliphatic rings. The van der Waals surface area contributed by atoms with Gasteiger partial charge in [0.05, 0.1) is 6.61 Å². The number of ether oxygens (including phenoxy) is 1. The van der Waals surface area contributed by atoms with Crippen molar-refractivity contribution in [3.05, 3.63) is 0 Å². The zero-order valence-corrected chi connectivity index (χ0v) is 11.8. The van der Waals surface area contributed by atoms with Gasteiger partial charge in [0.15, 0.2) is 0 Å². The second-order valence-electron chi connectivity index (χ2n) is 6.47. The Morgan fingerprint density at radius 3 is 2.50 bits per heavy atom. The Hall–Kier alpha value is -0.120. The van der Waals surface area contributed by atoms with Crippen molar-refractivity contribution in [2.24, 2.45) is 5.92 Å². The molecule has 1 atom stereocenters. The molecule has 106 valence electrons. The van der Waals surface area contributed by atoms with Gasteiger partial charge >= 0.3 is 0 Å². The van der Waals surface area contributed by atoms with E-state index in [2.05, 4.69) is 12.2 Å². The van der Waals surface area contributed by atoms with Gasteiger partial charge in [-0.15, -0.1) is 0 Å². The molecule has 1 unspecified atom stereocenters. The normalized spacial score (nSPS) is 25.0. The van der Waals surface area contributed by atoms with E-state index >= 15 is 0 Å². The van der Waals surface area contributed by atoms with E-state index in [1.54, 1.807) is 0 Å². The molecule has 0 amide bonds. The summed E-state index contributed by atoms with van der Waals surface area (Å²) in [4.78, 5) is 0. The number of rotatable bonds is 8.